The second-order valence-corrected chi connectivity index (χ2v) is 4.17. The van der Waals surface area contributed by atoms with Crippen molar-refractivity contribution in [3.63, 3.8) is 0 Å². The number of nitrogens with one attached hydrogen (secondary N) is 2. The van der Waals surface area contributed by atoms with E-state index in [1.807, 2.05) is 18.2 Å². The summed E-state index contributed by atoms with van der Waals surface area (Å²) in [7, 11) is 1.58. The number of anilines is 1. The van der Waals surface area contributed by atoms with Gasteiger partial charge >= 0.3 is 0 Å². The van der Waals surface area contributed by atoms with Gasteiger partial charge in [-0.25, -0.2) is 4.98 Å². The number of pyridine rings is 2. The summed E-state index contributed by atoms with van der Waals surface area (Å²) >= 11 is 5.19. The fraction of sp³-hybridized carbons (Fsp3) is 0.154. The lowest BCUT2D eigenvalue weighted by Gasteiger charge is -2.10. The van der Waals surface area contributed by atoms with E-state index in [9.17, 15) is 0 Å². The van der Waals surface area contributed by atoms with Gasteiger partial charge < -0.3 is 15.4 Å². The number of nitrogens with zero attached hydrogens (tertiary/aromatic N) is 2. The molecule has 6 heteroatoms. The van der Waals surface area contributed by atoms with E-state index in [0.717, 1.165) is 11.3 Å². The molecule has 2 N–H and O–H groups in total. The Hall–Kier alpha value is -2.21. The van der Waals surface area contributed by atoms with Crippen LogP contribution in [0, 0.1) is 0 Å². The SMILES string of the molecule is COc1ccc(NC(=S)NCc2cccnc2)cn1. The molecule has 2 heterocycles. The molecule has 2 rings (SSSR count). The summed E-state index contributed by atoms with van der Waals surface area (Å²) in [5.74, 6) is 0.569. The first-order valence-corrected chi connectivity index (χ1v) is 6.12. The largest absolute Gasteiger partial charge is 0.481 e. The predicted molar refractivity (Wildman–Crippen MR) is 78.1 cm³/mol. The molecule has 0 fully saturated rings. The number of aromatic nitrogens is 2. The van der Waals surface area contributed by atoms with Crippen molar-refractivity contribution in [2.45, 2.75) is 6.54 Å². The van der Waals surface area contributed by atoms with E-state index < -0.39 is 0 Å². The number of methoxy groups -OCH3 is 1. The van der Waals surface area contributed by atoms with Gasteiger partial charge in [-0.2, -0.15) is 0 Å². The number of rotatable bonds is 4. The molecule has 0 radical (unpaired) electrons. The molecule has 5 nitrogen and oxygen atoms in total. The van der Waals surface area contributed by atoms with Crippen LogP contribution in [0.1, 0.15) is 5.56 Å². The normalized spacial score (nSPS) is 9.74. The van der Waals surface area contributed by atoms with Crippen LogP contribution in [0.3, 0.4) is 0 Å². The Labute approximate surface area is 117 Å². The first kappa shape index (κ1) is 13.2. The summed E-state index contributed by atoms with van der Waals surface area (Å²) in [6, 6.07) is 7.49. The lowest BCUT2D eigenvalue weighted by Crippen LogP contribution is -2.27. The van der Waals surface area contributed by atoms with Crippen molar-refractivity contribution in [3.05, 3.63) is 48.4 Å². The first-order valence-electron chi connectivity index (χ1n) is 5.72. The molecule has 0 unspecified atom stereocenters. The lowest BCUT2D eigenvalue weighted by atomic mass is 10.3. The molecule has 98 valence electrons. The quantitative estimate of drug-likeness (QED) is 0.831. The van der Waals surface area contributed by atoms with Gasteiger partial charge in [0.1, 0.15) is 0 Å². The second-order valence-electron chi connectivity index (χ2n) is 3.76. The molecule has 0 aromatic carbocycles. The average molecular weight is 274 g/mol. The Morgan fingerprint density at radius 3 is 2.84 bits per heavy atom. The molecule has 0 aliphatic heterocycles. The van der Waals surface area contributed by atoms with E-state index in [0.29, 0.717) is 17.5 Å². The maximum Gasteiger partial charge on any atom is 0.213 e. The van der Waals surface area contributed by atoms with Crippen molar-refractivity contribution >= 4 is 23.0 Å². The molecule has 0 aliphatic rings. The van der Waals surface area contributed by atoms with Crippen molar-refractivity contribution in [1.29, 1.82) is 0 Å². The van der Waals surface area contributed by atoms with Gasteiger partial charge in [-0.15, -0.1) is 0 Å². The van der Waals surface area contributed by atoms with E-state index in [2.05, 4.69) is 20.6 Å². The zero-order valence-electron chi connectivity index (χ0n) is 10.5. The van der Waals surface area contributed by atoms with Gasteiger partial charge in [0, 0.05) is 25.0 Å². The molecule has 0 aliphatic carbocycles. The smallest absolute Gasteiger partial charge is 0.213 e. The monoisotopic (exact) mass is 274 g/mol. The topological polar surface area (TPSA) is 59.1 Å². The summed E-state index contributed by atoms with van der Waals surface area (Å²) in [5, 5.41) is 6.68. The average Bonchev–Trinajstić information content (AvgIpc) is 2.47. The van der Waals surface area contributed by atoms with Gasteiger partial charge in [-0.05, 0) is 29.9 Å². The molecule has 19 heavy (non-hydrogen) atoms. The fourth-order valence-electron chi connectivity index (χ4n) is 1.44. The molecule has 0 saturated carbocycles. The minimum absolute atomic E-state index is 0.538. The predicted octanol–water partition coefficient (Wildman–Crippen LogP) is 1.97. The van der Waals surface area contributed by atoms with Crippen LogP contribution in [-0.2, 0) is 6.54 Å². The molecule has 2 aromatic heterocycles. The number of ether oxygens (including phenoxy) is 1. The molecule has 0 spiro atoms. The van der Waals surface area contributed by atoms with E-state index in [4.69, 9.17) is 17.0 Å². The van der Waals surface area contributed by atoms with Gasteiger partial charge in [0.2, 0.25) is 5.88 Å². The van der Waals surface area contributed by atoms with E-state index in [1.54, 1.807) is 31.8 Å². The summed E-state index contributed by atoms with van der Waals surface area (Å²) in [4.78, 5) is 8.12. The summed E-state index contributed by atoms with van der Waals surface area (Å²) in [6.07, 6.45) is 5.20. The van der Waals surface area contributed by atoms with E-state index in [-0.39, 0.29) is 0 Å². The zero-order valence-corrected chi connectivity index (χ0v) is 11.3. The number of hydrogen-bond donors (Lipinski definition) is 2. The molecule has 0 saturated heterocycles. The van der Waals surface area contributed by atoms with Crippen molar-refractivity contribution < 1.29 is 4.74 Å². The van der Waals surface area contributed by atoms with Gasteiger partial charge in [0.25, 0.3) is 0 Å². The van der Waals surface area contributed by atoms with Gasteiger partial charge in [0.05, 0.1) is 19.0 Å². The van der Waals surface area contributed by atoms with Crippen LogP contribution in [-0.4, -0.2) is 22.2 Å². The minimum atomic E-state index is 0.538. The van der Waals surface area contributed by atoms with Crippen molar-refractivity contribution in [2.75, 3.05) is 12.4 Å². The van der Waals surface area contributed by atoms with Crippen LogP contribution < -0.4 is 15.4 Å². The number of hydrogen-bond acceptors (Lipinski definition) is 4. The third-order valence-corrected chi connectivity index (χ3v) is 2.63. The van der Waals surface area contributed by atoms with E-state index in [1.165, 1.54) is 0 Å². The van der Waals surface area contributed by atoms with Gasteiger partial charge in [0.15, 0.2) is 5.11 Å². The summed E-state index contributed by atoms with van der Waals surface area (Å²) < 4.78 is 4.99. The molecule has 0 amide bonds. The summed E-state index contributed by atoms with van der Waals surface area (Å²) in [5.41, 5.74) is 1.88. The van der Waals surface area contributed by atoms with Gasteiger partial charge in [-0.1, -0.05) is 6.07 Å². The third-order valence-electron chi connectivity index (χ3n) is 2.38. The Bertz CT molecular complexity index is 530. The van der Waals surface area contributed by atoms with Crippen molar-refractivity contribution in [1.82, 2.24) is 15.3 Å². The molecular weight excluding hydrogens is 260 g/mol. The van der Waals surface area contributed by atoms with Crippen LogP contribution in [0.15, 0.2) is 42.9 Å². The Morgan fingerprint density at radius 2 is 2.21 bits per heavy atom. The maximum atomic E-state index is 5.19. The highest BCUT2D eigenvalue weighted by molar-refractivity contribution is 7.80. The highest BCUT2D eigenvalue weighted by atomic mass is 32.1. The highest BCUT2D eigenvalue weighted by Crippen LogP contribution is 2.10. The molecule has 2 aromatic rings. The van der Waals surface area contributed by atoms with Crippen LogP contribution in [0.25, 0.3) is 0 Å². The van der Waals surface area contributed by atoms with Crippen LogP contribution in [0.4, 0.5) is 5.69 Å². The number of thiocarbonyl (C=S) groups is 1. The standard InChI is InChI=1S/C13H14N4OS/c1-18-12-5-4-11(9-15-12)17-13(19)16-8-10-3-2-6-14-7-10/h2-7,9H,8H2,1H3,(H2,16,17,19). The van der Waals surface area contributed by atoms with Crippen molar-refractivity contribution in [3.8, 4) is 5.88 Å². The van der Waals surface area contributed by atoms with E-state index >= 15 is 0 Å². The zero-order chi connectivity index (χ0) is 13.5. The first-order chi connectivity index (χ1) is 9.28. The molecule has 0 atom stereocenters. The fourth-order valence-corrected chi connectivity index (χ4v) is 1.63. The molecule has 0 bridgehead atoms. The lowest BCUT2D eigenvalue weighted by molar-refractivity contribution is 0.398. The highest BCUT2D eigenvalue weighted by Gasteiger charge is 1.99. The Balaban J connectivity index is 1.83. The Morgan fingerprint density at radius 1 is 1.32 bits per heavy atom. The Kier molecular flexibility index (Phi) is 4.63. The summed E-state index contributed by atoms with van der Waals surface area (Å²) in [6.45, 7) is 0.628. The van der Waals surface area contributed by atoms with Gasteiger partial charge in [-0.3, -0.25) is 4.98 Å². The molecular formula is C13H14N4OS. The van der Waals surface area contributed by atoms with Crippen molar-refractivity contribution in [2.24, 2.45) is 0 Å². The van der Waals surface area contributed by atoms with Crippen LogP contribution >= 0.6 is 12.2 Å². The second kappa shape index (κ2) is 6.65. The van der Waals surface area contributed by atoms with Crippen LogP contribution in [0.5, 0.6) is 5.88 Å². The van der Waals surface area contributed by atoms with Crippen LogP contribution in [0.2, 0.25) is 0 Å². The maximum absolute atomic E-state index is 5.19. The minimum Gasteiger partial charge on any atom is -0.481 e. The third kappa shape index (κ3) is 4.18.